The Morgan fingerprint density at radius 1 is 1.09 bits per heavy atom. The van der Waals surface area contributed by atoms with Gasteiger partial charge in [0.05, 0.1) is 26.0 Å². The number of hydroxylamine groups is 2. The van der Waals surface area contributed by atoms with Crippen LogP contribution < -0.4 is 9.47 Å². The van der Waals surface area contributed by atoms with Gasteiger partial charge in [0, 0.05) is 13.1 Å². The van der Waals surface area contributed by atoms with E-state index in [1.165, 1.54) is 11.2 Å². The molecule has 2 aromatic rings. The van der Waals surface area contributed by atoms with Gasteiger partial charge >= 0.3 is 0 Å². The Labute approximate surface area is 190 Å². The molecule has 0 amide bonds. The molecule has 0 radical (unpaired) electrons. The van der Waals surface area contributed by atoms with E-state index < -0.39 is 22.3 Å². The Balaban J connectivity index is 1.76. The van der Waals surface area contributed by atoms with E-state index in [4.69, 9.17) is 9.47 Å². The number of hydrogen-bond acceptors (Lipinski definition) is 7. The number of aliphatic hydroxyl groups excluding tert-OH is 1. The molecule has 2 aromatic carbocycles. The molecule has 8 nitrogen and oxygen atoms in total. The Kier molecular flexibility index (Phi) is 8.13. The minimum atomic E-state index is -3.69. The zero-order valence-electron chi connectivity index (χ0n) is 18.8. The van der Waals surface area contributed by atoms with Crippen LogP contribution in [0.3, 0.4) is 0 Å². The third-order valence-electron chi connectivity index (χ3n) is 5.85. The summed E-state index contributed by atoms with van der Waals surface area (Å²) in [6.07, 6.45) is 0.359. The second kappa shape index (κ2) is 10.6. The van der Waals surface area contributed by atoms with Crippen molar-refractivity contribution in [2.45, 2.75) is 45.0 Å². The fraction of sp³-hybridized carbons (Fsp3) is 0.478. The quantitative estimate of drug-likeness (QED) is 0.411. The number of fused-ring (bicyclic) bond motifs is 1. The van der Waals surface area contributed by atoms with E-state index in [0.29, 0.717) is 37.3 Å². The van der Waals surface area contributed by atoms with Crippen molar-refractivity contribution in [3.63, 3.8) is 0 Å². The number of methoxy groups -OCH3 is 2. The van der Waals surface area contributed by atoms with Crippen LogP contribution in [0.2, 0.25) is 0 Å². The Hall–Kier alpha value is -2.17. The summed E-state index contributed by atoms with van der Waals surface area (Å²) in [7, 11) is -0.577. The number of ether oxygens (including phenoxy) is 2. The molecule has 32 heavy (non-hydrogen) atoms. The van der Waals surface area contributed by atoms with Crippen molar-refractivity contribution in [2.24, 2.45) is 0 Å². The Morgan fingerprint density at radius 3 is 2.31 bits per heavy atom. The van der Waals surface area contributed by atoms with Crippen molar-refractivity contribution in [3.8, 4) is 11.5 Å². The first-order valence-corrected chi connectivity index (χ1v) is 12.3. The molecule has 0 saturated carbocycles. The maximum Gasteiger partial charge on any atom is 0.216 e. The number of sulfonamides is 1. The van der Waals surface area contributed by atoms with Gasteiger partial charge in [-0.1, -0.05) is 30.3 Å². The lowest BCUT2D eigenvalue weighted by atomic mass is 10.0. The average molecular weight is 465 g/mol. The second-order valence-electron chi connectivity index (χ2n) is 8.03. The SMILES string of the molecule is COc1cc2c(cc1OC)CN(S(=O)(=O)CC(CCc1ccccc1)N(O)C(C)O)CC2. The zero-order valence-corrected chi connectivity index (χ0v) is 19.6. The molecule has 1 heterocycles. The van der Waals surface area contributed by atoms with Gasteiger partial charge in [-0.15, -0.1) is 0 Å². The second-order valence-corrected chi connectivity index (χ2v) is 10.0. The van der Waals surface area contributed by atoms with Crippen LogP contribution in [0.5, 0.6) is 11.5 Å². The summed E-state index contributed by atoms with van der Waals surface area (Å²) in [5.74, 6) is 0.891. The lowest BCUT2D eigenvalue weighted by Gasteiger charge is -2.33. The minimum Gasteiger partial charge on any atom is -0.493 e. The maximum atomic E-state index is 13.3. The van der Waals surface area contributed by atoms with Crippen LogP contribution in [-0.4, -0.2) is 66.9 Å². The predicted molar refractivity (Wildman–Crippen MR) is 121 cm³/mol. The van der Waals surface area contributed by atoms with Crippen LogP contribution in [0.25, 0.3) is 0 Å². The van der Waals surface area contributed by atoms with Crippen LogP contribution in [0, 0.1) is 0 Å². The number of rotatable bonds is 10. The highest BCUT2D eigenvalue weighted by atomic mass is 32.2. The van der Waals surface area contributed by atoms with Gasteiger partial charge in [-0.05, 0) is 55.0 Å². The number of nitrogens with zero attached hydrogens (tertiary/aromatic N) is 2. The summed E-state index contributed by atoms with van der Waals surface area (Å²) in [5, 5.41) is 21.0. The molecule has 3 rings (SSSR count). The van der Waals surface area contributed by atoms with Crippen LogP contribution >= 0.6 is 0 Å². The number of aryl methyl sites for hydroxylation is 1. The normalized spacial score (nSPS) is 16.4. The molecular weight excluding hydrogens is 432 g/mol. The molecular formula is C23H32N2O6S. The van der Waals surface area contributed by atoms with Gasteiger partial charge in [-0.2, -0.15) is 9.37 Å². The van der Waals surface area contributed by atoms with Crippen LogP contribution in [0.15, 0.2) is 42.5 Å². The zero-order chi connectivity index (χ0) is 23.3. The van der Waals surface area contributed by atoms with Crippen molar-refractivity contribution in [2.75, 3.05) is 26.5 Å². The molecule has 0 aliphatic carbocycles. The van der Waals surface area contributed by atoms with Crippen molar-refractivity contribution in [1.82, 2.24) is 9.37 Å². The van der Waals surface area contributed by atoms with Crippen molar-refractivity contribution in [3.05, 3.63) is 59.2 Å². The summed E-state index contributed by atoms with van der Waals surface area (Å²) in [4.78, 5) is 0. The van der Waals surface area contributed by atoms with E-state index >= 15 is 0 Å². The van der Waals surface area contributed by atoms with Crippen molar-refractivity contribution in [1.29, 1.82) is 0 Å². The molecule has 0 bridgehead atoms. The van der Waals surface area contributed by atoms with Gasteiger partial charge in [-0.25, -0.2) is 8.42 Å². The molecule has 0 aromatic heterocycles. The highest BCUT2D eigenvalue weighted by molar-refractivity contribution is 7.89. The van der Waals surface area contributed by atoms with Crippen molar-refractivity contribution < 1.29 is 28.2 Å². The van der Waals surface area contributed by atoms with Crippen LogP contribution in [0.4, 0.5) is 0 Å². The molecule has 2 atom stereocenters. The molecule has 9 heteroatoms. The smallest absolute Gasteiger partial charge is 0.216 e. The van der Waals surface area contributed by atoms with Gasteiger partial charge in [0.25, 0.3) is 0 Å². The summed E-state index contributed by atoms with van der Waals surface area (Å²) in [6.45, 7) is 1.98. The molecule has 0 fully saturated rings. The molecule has 176 valence electrons. The van der Waals surface area contributed by atoms with E-state index in [0.717, 1.165) is 21.8 Å². The van der Waals surface area contributed by atoms with Crippen LogP contribution in [0.1, 0.15) is 30.0 Å². The summed E-state index contributed by atoms with van der Waals surface area (Å²) < 4.78 is 38.7. The molecule has 0 saturated heterocycles. The minimum absolute atomic E-state index is 0.226. The molecule has 0 spiro atoms. The van der Waals surface area contributed by atoms with E-state index in [-0.39, 0.29) is 12.3 Å². The fourth-order valence-electron chi connectivity index (χ4n) is 4.02. The monoisotopic (exact) mass is 464 g/mol. The lowest BCUT2D eigenvalue weighted by Crippen LogP contribution is -2.47. The van der Waals surface area contributed by atoms with E-state index in [9.17, 15) is 18.7 Å². The largest absolute Gasteiger partial charge is 0.493 e. The van der Waals surface area contributed by atoms with Crippen molar-refractivity contribution >= 4 is 10.0 Å². The average Bonchev–Trinajstić information content (AvgIpc) is 2.80. The highest BCUT2D eigenvalue weighted by Crippen LogP contribution is 2.34. The lowest BCUT2D eigenvalue weighted by molar-refractivity contribution is -0.212. The van der Waals surface area contributed by atoms with E-state index in [2.05, 4.69) is 0 Å². The first-order valence-electron chi connectivity index (χ1n) is 10.7. The fourth-order valence-corrected chi connectivity index (χ4v) is 5.74. The summed E-state index contributed by atoms with van der Waals surface area (Å²) in [6, 6.07) is 12.6. The number of aliphatic hydroxyl groups is 1. The van der Waals surface area contributed by atoms with Crippen LogP contribution in [-0.2, 0) is 29.4 Å². The summed E-state index contributed by atoms with van der Waals surface area (Å²) >= 11 is 0. The first-order chi connectivity index (χ1) is 15.2. The van der Waals surface area contributed by atoms with Gasteiger partial charge < -0.3 is 19.8 Å². The maximum absolute atomic E-state index is 13.3. The Morgan fingerprint density at radius 2 is 1.72 bits per heavy atom. The number of benzene rings is 2. The number of hydrogen-bond donors (Lipinski definition) is 2. The van der Waals surface area contributed by atoms with Gasteiger partial charge in [0.15, 0.2) is 11.5 Å². The van der Waals surface area contributed by atoms with E-state index in [1.54, 1.807) is 14.2 Å². The third-order valence-corrected chi connectivity index (χ3v) is 7.75. The summed E-state index contributed by atoms with van der Waals surface area (Å²) in [5.41, 5.74) is 2.94. The topological polar surface area (TPSA) is 99.5 Å². The van der Waals surface area contributed by atoms with Gasteiger partial charge in [0.2, 0.25) is 10.0 Å². The van der Waals surface area contributed by atoms with E-state index in [1.807, 2.05) is 42.5 Å². The third kappa shape index (κ3) is 5.79. The standard InChI is InChI=1S/C23H32N2O6S/c1-17(26)25(27)21(10-9-18-7-5-4-6-8-18)16-32(28,29)24-12-11-19-13-22(30-2)23(31-3)14-20(19)15-24/h4-8,13-14,17,21,26-27H,9-12,15-16H2,1-3H3. The predicted octanol–water partition coefficient (Wildman–Crippen LogP) is 2.42. The molecule has 2 unspecified atom stereocenters. The first kappa shape index (κ1) is 24.5. The van der Waals surface area contributed by atoms with Gasteiger partial charge in [-0.3, -0.25) is 0 Å². The molecule has 1 aliphatic heterocycles. The highest BCUT2D eigenvalue weighted by Gasteiger charge is 2.33. The molecule has 1 aliphatic rings. The van der Waals surface area contributed by atoms with Gasteiger partial charge in [0.1, 0.15) is 6.23 Å². The molecule has 2 N–H and O–H groups in total. The Bertz CT molecular complexity index is 997.